The molecule has 0 bridgehead atoms. The van der Waals surface area contributed by atoms with Crippen LogP contribution in [0.25, 0.3) is 0 Å². The second-order valence-electron chi connectivity index (χ2n) is 2.19. The van der Waals surface area contributed by atoms with E-state index in [-0.39, 0.29) is 6.61 Å². The summed E-state index contributed by atoms with van der Waals surface area (Å²) in [7, 11) is 0. The zero-order chi connectivity index (χ0) is 10.1. The van der Waals surface area contributed by atoms with E-state index in [1.807, 2.05) is 0 Å². The van der Waals surface area contributed by atoms with E-state index in [9.17, 15) is 4.79 Å². The van der Waals surface area contributed by atoms with Gasteiger partial charge in [-0.3, -0.25) is 0 Å². The summed E-state index contributed by atoms with van der Waals surface area (Å²) < 4.78 is 4.66. The lowest BCUT2D eigenvalue weighted by Gasteiger charge is -1.92. The van der Waals surface area contributed by atoms with Crippen LogP contribution in [0.15, 0.2) is 24.3 Å². The first-order valence-electron chi connectivity index (χ1n) is 3.60. The maximum atomic E-state index is 10.8. The number of hydrogen-bond donors (Lipinski definition) is 0. The standard InChI is InChI=1S/C11H10O2/c1-4-5-8-11(12)13-9-6-7-10(2)3/h1,5,8H,2,9H2,3H3/b8-5+. The van der Waals surface area contributed by atoms with Crippen LogP contribution in [-0.4, -0.2) is 12.6 Å². The summed E-state index contributed by atoms with van der Waals surface area (Å²) >= 11 is 0. The molecule has 0 spiro atoms. The monoisotopic (exact) mass is 174 g/mol. The van der Waals surface area contributed by atoms with E-state index in [0.717, 1.165) is 5.57 Å². The minimum atomic E-state index is -0.492. The summed E-state index contributed by atoms with van der Waals surface area (Å²) in [5, 5.41) is 0. The molecule has 13 heavy (non-hydrogen) atoms. The first-order chi connectivity index (χ1) is 6.16. The predicted molar refractivity (Wildman–Crippen MR) is 51.5 cm³/mol. The van der Waals surface area contributed by atoms with Crippen LogP contribution in [-0.2, 0) is 9.53 Å². The predicted octanol–water partition coefficient (Wildman–Crippen LogP) is 1.30. The van der Waals surface area contributed by atoms with Crippen LogP contribution in [0.2, 0.25) is 0 Å². The van der Waals surface area contributed by atoms with E-state index in [2.05, 4.69) is 29.1 Å². The van der Waals surface area contributed by atoms with Gasteiger partial charge in [0, 0.05) is 6.08 Å². The van der Waals surface area contributed by atoms with Gasteiger partial charge in [-0.25, -0.2) is 4.79 Å². The Morgan fingerprint density at radius 1 is 1.69 bits per heavy atom. The van der Waals surface area contributed by atoms with Crippen molar-refractivity contribution in [3.8, 4) is 24.2 Å². The van der Waals surface area contributed by atoms with Crippen LogP contribution in [0, 0.1) is 24.2 Å². The summed E-state index contributed by atoms with van der Waals surface area (Å²) in [6, 6.07) is 0. The van der Waals surface area contributed by atoms with Crippen molar-refractivity contribution in [2.24, 2.45) is 0 Å². The van der Waals surface area contributed by atoms with Gasteiger partial charge in [-0.05, 0) is 18.6 Å². The highest BCUT2D eigenvalue weighted by atomic mass is 16.5. The van der Waals surface area contributed by atoms with Crippen molar-refractivity contribution < 1.29 is 9.53 Å². The fourth-order valence-electron chi connectivity index (χ4n) is 0.458. The minimum absolute atomic E-state index is 0.0562. The average Bonchev–Trinajstić information content (AvgIpc) is 2.08. The van der Waals surface area contributed by atoms with Gasteiger partial charge in [-0.2, -0.15) is 0 Å². The first-order valence-corrected chi connectivity index (χ1v) is 3.60. The number of rotatable bonds is 2. The molecular formula is C11H10O2. The van der Waals surface area contributed by atoms with Gasteiger partial charge in [0.05, 0.1) is 0 Å². The molecule has 0 aromatic heterocycles. The molecule has 2 heteroatoms. The van der Waals surface area contributed by atoms with Crippen molar-refractivity contribution >= 4 is 5.97 Å². The zero-order valence-corrected chi connectivity index (χ0v) is 7.46. The lowest BCUT2D eigenvalue weighted by molar-refractivity contribution is -0.136. The number of terminal acetylenes is 1. The molecule has 2 nitrogen and oxygen atoms in total. The number of allylic oxidation sites excluding steroid dienone is 2. The third kappa shape index (κ3) is 7.97. The quantitative estimate of drug-likeness (QED) is 0.358. The lowest BCUT2D eigenvalue weighted by Crippen LogP contribution is -2.00. The Labute approximate surface area is 78.3 Å². The highest BCUT2D eigenvalue weighted by Gasteiger charge is 1.91. The van der Waals surface area contributed by atoms with Crippen LogP contribution >= 0.6 is 0 Å². The van der Waals surface area contributed by atoms with Gasteiger partial charge in [0.2, 0.25) is 0 Å². The number of esters is 1. The SMILES string of the molecule is C#C/C=C/C(=O)OCC#CC(=C)C. The molecular weight excluding hydrogens is 164 g/mol. The Bertz CT molecular complexity index is 318. The van der Waals surface area contributed by atoms with Gasteiger partial charge in [-0.15, -0.1) is 6.42 Å². The molecule has 0 rings (SSSR count). The van der Waals surface area contributed by atoms with Gasteiger partial charge in [-0.1, -0.05) is 24.3 Å². The van der Waals surface area contributed by atoms with E-state index in [1.54, 1.807) is 6.92 Å². The van der Waals surface area contributed by atoms with E-state index in [4.69, 9.17) is 6.42 Å². The van der Waals surface area contributed by atoms with Crippen molar-refractivity contribution in [1.29, 1.82) is 0 Å². The van der Waals surface area contributed by atoms with Crippen LogP contribution in [0.1, 0.15) is 6.92 Å². The van der Waals surface area contributed by atoms with Crippen molar-refractivity contribution in [2.75, 3.05) is 6.61 Å². The van der Waals surface area contributed by atoms with E-state index < -0.39 is 5.97 Å². The summed E-state index contributed by atoms with van der Waals surface area (Å²) in [6.45, 7) is 5.39. The van der Waals surface area contributed by atoms with Crippen molar-refractivity contribution in [1.82, 2.24) is 0 Å². The lowest BCUT2D eigenvalue weighted by atomic mass is 10.3. The van der Waals surface area contributed by atoms with E-state index in [0.29, 0.717) is 0 Å². The van der Waals surface area contributed by atoms with Gasteiger partial charge < -0.3 is 4.74 Å². The Morgan fingerprint density at radius 2 is 2.38 bits per heavy atom. The van der Waals surface area contributed by atoms with Crippen LogP contribution < -0.4 is 0 Å². The molecule has 0 atom stereocenters. The molecule has 0 aliphatic heterocycles. The van der Waals surface area contributed by atoms with E-state index >= 15 is 0 Å². The second kappa shape index (κ2) is 6.76. The molecule has 0 aromatic carbocycles. The maximum Gasteiger partial charge on any atom is 0.332 e. The Hall–Kier alpha value is -1.93. The normalized spacial score (nSPS) is 8.31. The zero-order valence-electron chi connectivity index (χ0n) is 7.46. The molecule has 0 aliphatic rings. The fraction of sp³-hybridized carbons (Fsp3) is 0.182. The average molecular weight is 174 g/mol. The molecule has 0 aromatic rings. The van der Waals surface area contributed by atoms with Gasteiger partial charge >= 0.3 is 5.97 Å². The Morgan fingerprint density at radius 3 is 2.92 bits per heavy atom. The van der Waals surface area contributed by atoms with Crippen LogP contribution in [0.3, 0.4) is 0 Å². The third-order valence-electron chi connectivity index (χ3n) is 0.904. The van der Waals surface area contributed by atoms with Crippen LogP contribution in [0.5, 0.6) is 0 Å². The highest BCUT2D eigenvalue weighted by Crippen LogP contribution is 1.82. The van der Waals surface area contributed by atoms with Crippen LogP contribution in [0.4, 0.5) is 0 Å². The largest absolute Gasteiger partial charge is 0.449 e. The number of hydrogen-bond acceptors (Lipinski definition) is 2. The van der Waals surface area contributed by atoms with Gasteiger partial charge in [0.1, 0.15) is 0 Å². The third-order valence-corrected chi connectivity index (χ3v) is 0.904. The molecule has 0 unspecified atom stereocenters. The summed E-state index contributed by atoms with van der Waals surface area (Å²) in [6.07, 6.45) is 7.33. The molecule has 0 saturated heterocycles. The molecule has 0 aliphatic carbocycles. The highest BCUT2D eigenvalue weighted by molar-refractivity contribution is 5.82. The second-order valence-corrected chi connectivity index (χ2v) is 2.19. The molecule has 0 amide bonds. The molecule has 0 N–H and O–H groups in total. The molecule has 0 radical (unpaired) electrons. The molecule has 0 heterocycles. The smallest absolute Gasteiger partial charge is 0.332 e. The fourth-order valence-corrected chi connectivity index (χ4v) is 0.458. The number of carbonyl (C=O) groups is 1. The topological polar surface area (TPSA) is 26.3 Å². The van der Waals surface area contributed by atoms with Gasteiger partial charge in [0.25, 0.3) is 0 Å². The van der Waals surface area contributed by atoms with Crippen molar-refractivity contribution in [3.05, 3.63) is 24.3 Å². The Kier molecular flexibility index (Phi) is 5.76. The first kappa shape index (κ1) is 11.1. The van der Waals surface area contributed by atoms with E-state index in [1.165, 1.54) is 12.2 Å². The van der Waals surface area contributed by atoms with Crippen molar-refractivity contribution in [2.45, 2.75) is 6.92 Å². The molecule has 0 fully saturated rings. The van der Waals surface area contributed by atoms with Crippen molar-refractivity contribution in [3.63, 3.8) is 0 Å². The summed E-state index contributed by atoms with van der Waals surface area (Å²) in [4.78, 5) is 10.8. The molecule has 66 valence electrons. The van der Waals surface area contributed by atoms with Gasteiger partial charge in [0.15, 0.2) is 6.61 Å². The molecule has 0 saturated carbocycles. The maximum absolute atomic E-state index is 10.8. The minimum Gasteiger partial charge on any atom is -0.449 e. The summed E-state index contributed by atoms with van der Waals surface area (Å²) in [5.41, 5.74) is 0.732. The summed E-state index contributed by atoms with van der Waals surface area (Å²) in [5.74, 6) is 6.97. The number of ether oxygens (including phenoxy) is 1. The Balaban J connectivity index is 3.75. The number of carbonyl (C=O) groups excluding carboxylic acids is 1.